The van der Waals surface area contributed by atoms with Crippen LogP contribution in [0.4, 0.5) is 5.69 Å². The summed E-state index contributed by atoms with van der Waals surface area (Å²) >= 11 is 0. The molecule has 0 amide bonds. The van der Waals surface area contributed by atoms with Gasteiger partial charge in [-0.25, -0.2) is 4.68 Å². The van der Waals surface area contributed by atoms with Crippen molar-refractivity contribution in [2.24, 2.45) is 0 Å². The average Bonchev–Trinajstić information content (AvgIpc) is 3.14. The minimum absolute atomic E-state index is 0.616. The Labute approximate surface area is 151 Å². The zero-order valence-corrected chi connectivity index (χ0v) is 14.0. The van der Waals surface area contributed by atoms with E-state index < -0.39 is 0 Å². The Morgan fingerprint density at radius 3 is 2.23 bits per heavy atom. The van der Waals surface area contributed by atoms with E-state index in [1.807, 2.05) is 77.5 Å². The number of rotatable bonds is 3. The van der Waals surface area contributed by atoms with E-state index in [0.717, 1.165) is 28.2 Å². The third-order valence-electron chi connectivity index (χ3n) is 4.26. The van der Waals surface area contributed by atoms with Gasteiger partial charge in [-0.2, -0.15) is 10.4 Å². The molecule has 0 radical (unpaired) electrons. The molecule has 26 heavy (non-hydrogen) atoms. The molecule has 0 spiro atoms. The number of para-hydroxylation sites is 1. The number of nitrogens with zero attached hydrogens (tertiary/aromatic N) is 3. The standard InChI is InChI=1S/C22H16N4/c23-15-16-10-12-18(13-11-16)26-22(19-8-4-5-9-20(19)24)14-21(25-26)17-6-2-1-3-7-17/h1-14H,24H2. The smallest absolute Gasteiger partial charge is 0.0991 e. The molecule has 0 unspecified atom stereocenters. The van der Waals surface area contributed by atoms with Crippen LogP contribution in [0.25, 0.3) is 28.2 Å². The third kappa shape index (κ3) is 2.83. The molecular formula is C22H16N4. The fourth-order valence-electron chi connectivity index (χ4n) is 2.93. The number of nitrogens with two attached hydrogens (primary N) is 1. The molecule has 1 aromatic heterocycles. The van der Waals surface area contributed by atoms with E-state index in [2.05, 4.69) is 6.07 Å². The quantitative estimate of drug-likeness (QED) is 0.553. The topological polar surface area (TPSA) is 67.6 Å². The Morgan fingerprint density at radius 2 is 1.54 bits per heavy atom. The van der Waals surface area contributed by atoms with Crippen LogP contribution in [-0.4, -0.2) is 9.78 Å². The van der Waals surface area contributed by atoms with Gasteiger partial charge in [0.1, 0.15) is 0 Å². The highest BCUT2D eigenvalue weighted by atomic mass is 15.3. The van der Waals surface area contributed by atoms with Crippen LogP contribution in [0.15, 0.2) is 84.9 Å². The van der Waals surface area contributed by atoms with Crippen molar-refractivity contribution >= 4 is 5.69 Å². The van der Waals surface area contributed by atoms with E-state index in [9.17, 15) is 0 Å². The molecule has 4 aromatic rings. The largest absolute Gasteiger partial charge is 0.398 e. The van der Waals surface area contributed by atoms with Gasteiger partial charge in [-0.3, -0.25) is 0 Å². The van der Waals surface area contributed by atoms with Crippen LogP contribution in [0.2, 0.25) is 0 Å². The monoisotopic (exact) mass is 336 g/mol. The first-order chi connectivity index (χ1) is 12.8. The Balaban J connectivity index is 1.92. The number of nitrogen functional groups attached to an aromatic ring is 1. The second-order valence-corrected chi connectivity index (χ2v) is 5.94. The third-order valence-corrected chi connectivity index (χ3v) is 4.26. The van der Waals surface area contributed by atoms with Gasteiger partial charge in [0.05, 0.1) is 28.7 Å². The van der Waals surface area contributed by atoms with Gasteiger partial charge in [0.15, 0.2) is 0 Å². The predicted molar refractivity (Wildman–Crippen MR) is 104 cm³/mol. The Bertz CT molecular complexity index is 1090. The van der Waals surface area contributed by atoms with Gasteiger partial charge in [-0.05, 0) is 36.4 Å². The molecule has 1 heterocycles. The fourth-order valence-corrected chi connectivity index (χ4v) is 2.93. The summed E-state index contributed by atoms with van der Waals surface area (Å²) in [6, 6.07) is 29.3. The van der Waals surface area contributed by atoms with Crippen molar-refractivity contribution in [3.8, 4) is 34.3 Å². The molecule has 0 aliphatic carbocycles. The normalized spacial score (nSPS) is 10.4. The van der Waals surface area contributed by atoms with E-state index in [1.54, 1.807) is 12.1 Å². The molecule has 2 N–H and O–H groups in total. The van der Waals surface area contributed by atoms with E-state index in [1.165, 1.54) is 0 Å². The second-order valence-electron chi connectivity index (χ2n) is 5.94. The molecular weight excluding hydrogens is 320 g/mol. The molecule has 4 nitrogen and oxygen atoms in total. The van der Waals surface area contributed by atoms with Gasteiger partial charge in [-0.1, -0.05) is 48.5 Å². The maximum Gasteiger partial charge on any atom is 0.0991 e. The lowest BCUT2D eigenvalue weighted by molar-refractivity contribution is 0.892. The molecule has 0 saturated heterocycles. The number of aromatic nitrogens is 2. The Kier molecular flexibility index (Phi) is 3.97. The fraction of sp³-hybridized carbons (Fsp3) is 0. The van der Waals surface area contributed by atoms with Crippen molar-refractivity contribution in [1.82, 2.24) is 9.78 Å². The van der Waals surface area contributed by atoms with Crippen molar-refractivity contribution in [3.63, 3.8) is 0 Å². The molecule has 0 bridgehead atoms. The molecule has 124 valence electrons. The lowest BCUT2D eigenvalue weighted by atomic mass is 10.1. The van der Waals surface area contributed by atoms with Crippen LogP contribution in [0.5, 0.6) is 0 Å². The number of hydrogen-bond donors (Lipinski definition) is 1. The highest BCUT2D eigenvalue weighted by Crippen LogP contribution is 2.31. The lowest BCUT2D eigenvalue weighted by Gasteiger charge is -2.09. The van der Waals surface area contributed by atoms with Crippen LogP contribution >= 0.6 is 0 Å². The average molecular weight is 336 g/mol. The molecule has 0 aliphatic rings. The van der Waals surface area contributed by atoms with Crippen LogP contribution in [-0.2, 0) is 0 Å². The highest BCUT2D eigenvalue weighted by molar-refractivity contribution is 5.78. The Morgan fingerprint density at radius 1 is 0.846 bits per heavy atom. The summed E-state index contributed by atoms with van der Waals surface area (Å²) in [7, 11) is 0. The molecule has 4 rings (SSSR count). The summed E-state index contributed by atoms with van der Waals surface area (Å²) in [4.78, 5) is 0. The SMILES string of the molecule is N#Cc1ccc(-n2nc(-c3ccccc3)cc2-c2ccccc2N)cc1. The van der Waals surface area contributed by atoms with Crippen LogP contribution in [0.3, 0.4) is 0 Å². The van der Waals surface area contributed by atoms with Crippen molar-refractivity contribution in [2.75, 3.05) is 5.73 Å². The minimum atomic E-state index is 0.616. The predicted octanol–water partition coefficient (Wildman–Crippen LogP) is 4.66. The van der Waals surface area contributed by atoms with Crippen molar-refractivity contribution in [3.05, 3.63) is 90.5 Å². The molecule has 0 fully saturated rings. The van der Waals surface area contributed by atoms with E-state index in [-0.39, 0.29) is 0 Å². The highest BCUT2D eigenvalue weighted by Gasteiger charge is 2.14. The van der Waals surface area contributed by atoms with E-state index in [4.69, 9.17) is 16.1 Å². The maximum absolute atomic E-state index is 9.03. The summed E-state index contributed by atoms with van der Waals surface area (Å²) in [5, 5.41) is 13.8. The van der Waals surface area contributed by atoms with Crippen LogP contribution in [0, 0.1) is 11.3 Å². The summed E-state index contributed by atoms with van der Waals surface area (Å²) in [5.41, 5.74) is 12.1. The number of hydrogen-bond acceptors (Lipinski definition) is 3. The lowest BCUT2D eigenvalue weighted by Crippen LogP contribution is -2.01. The number of nitriles is 1. The first kappa shape index (κ1) is 15.7. The molecule has 0 saturated carbocycles. The van der Waals surface area contributed by atoms with E-state index in [0.29, 0.717) is 11.3 Å². The first-order valence-electron chi connectivity index (χ1n) is 8.27. The van der Waals surface area contributed by atoms with Gasteiger partial charge in [0, 0.05) is 16.8 Å². The van der Waals surface area contributed by atoms with Gasteiger partial charge in [0.2, 0.25) is 0 Å². The maximum atomic E-state index is 9.03. The second kappa shape index (κ2) is 6.58. The zero-order chi connectivity index (χ0) is 17.9. The number of benzene rings is 3. The van der Waals surface area contributed by atoms with Gasteiger partial charge < -0.3 is 5.73 Å². The number of anilines is 1. The van der Waals surface area contributed by atoms with Crippen molar-refractivity contribution in [2.45, 2.75) is 0 Å². The van der Waals surface area contributed by atoms with Crippen molar-refractivity contribution in [1.29, 1.82) is 5.26 Å². The van der Waals surface area contributed by atoms with Crippen LogP contribution < -0.4 is 5.73 Å². The summed E-state index contributed by atoms with van der Waals surface area (Å²) in [6.07, 6.45) is 0. The summed E-state index contributed by atoms with van der Waals surface area (Å²) in [5.74, 6) is 0. The summed E-state index contributed by atoms with van der Waals surface area (Å²) < 4.78 is 1.87. The zero-order valence-electron chi connectivity index (χ0n) is 14.0. The summed E-state index contributed by atoms with van der Waals surface area (Å²) in [6.45, 7) is 0. The van der Waals surface area contributed by atoms with Gasteiger partial charge in [0.25, 0.3) is 0 Å². The molecule has 0 atom stereocenters. The molecule has 0 aliphatic heterocycles. The van der Waals surface area contributed by atoms with Crippen molar-refractivity contribution < 1.29 is 0 Å². The van der Waals surface area contributed by atoms with E-state index >= 15 is 0 Å². The Hall–Kier alpha value is -3.84. The van der Waals surface area contributed by atoms with Gasteiger partial charge >= 0.3 is 0 Å². The molecule has 4 heteroatoms. The minimum Gasteiger partial charge on any atom is -0.398 e. The molecule has 3 aromatic carbocycles. The van der Waals surface area contributed by atoms with Gasteiger partial charge in [-0.15, -0.1) is 0 Å². The van der Waals surface area contributed by atoms with Crippen LogP contribution in [0.1, 0.15) is 5.56 Å². The first-order valence-corrected chi connectivity index (χ1v) is 8.27.